The standard InChI is InChI=1S/C20H32O6/c21-17-13-9-5-1-2-6-10-14-18(22)26-20(24)16-12-8-4-3-7-11-15-19(23)25-17/h1-16H2. The van der Waals surface area contributed by atoms with Crippen molar-refractivity contribution in [3.8, 4) is 0 Å². The lowest BCUT2D eigenvalue weighted by molar-refractivity contribution is -0.161. The third-order valence-electron chi connectivity index (χ3n) is 4.48. The number of carbonyl (C=O) groups excluding carboxylic acids is 4. The van der Waals surface area contributed by atoms with Gasteiger partial charge >= 0.3 is 23.9 Å². The van der Waals surface area contributed by atoms with E-state index in [0.717, 1.165) is 51.4 Å². The maximum atomic E-state index is 11.6. The molecule has 0 aromatic heterocycles. The van der Waals surface area contributed by atoms with E-state index in [9.17, 15) is 19.2 Å². The fourth-order valence-electron chi connectivity index (χ4n) is 2.95. The highest BCUT2D eigenvalue weighted by molar-refractivity contribution is 5.85. The van der Waals surface area contributed by atoms with Gasteiger partial charge in [-0.2, -0.15) is 0 Å². The van der Waals surface area contributed by atoms with Crippen molar-refractivity contribution in [2.24, 2.45) is 0 Å². The van der Waals surface area contributed by atoms with Gasteiger partial charge in [0.1, 0.15) is 0 Å². The highest BCUT2D eigenvalue weighted by Crippen LogP contribution is 2.12. The van der Waals surface area contributed by atoms with Crippen LogP contribution in [0.3, 0.4) is 0 Å². The summed E-state index contributed by atoms with van der Waals surface area (Å²) in [7, 11) is 0. The number of esters is 4. The molecule has 0 aliphatic carbocycles. The third-order valence-corrected chi connectivity index (χ3v) is 4.48. The summed E-state index contributed by atoms with van der Waals surface area (Å²) in [4.78, 5) is 46.3. The fraction of sp³-hybridized carbons (Fsp3) is 0.800. The molecule has 0 aromatic carbocycles. The molecule has 0 saturated carbocycles. The molecule has 0 radical (unpaired) electrons. The Morgan fingerprint density at radius 3 is 0.769 bits per heavy atom. The minimum Gasteiger partial charge on any atom is -0.393 e. The Hall–Kier alpha value is -1.72. The van der Waals surface area contributed by atoms with Gasteiger partial charge in [-0.15, -0.1) is 0 Å². The van der Waals surface area contributed by atoms with Crippen LogP contribution in [0, 0.1) is 0 Å². The van der Waals surface area contributed by atoms with E-state index in [1.54, 1.807) is 0 Å². The Labute approximate surface area is 156 Å². The summed E-state index contributed by atoms with van der Waals surface area (Å²) in [5, 5.41) is 0. The molecule has 1 saturated heterocycles. The van der Waals surface area contributed by atoms with Gasteiger partial charge in [0.2, 0.25) is 0 Å². The van der Waals surface area contributed by atoms with Crippen molar-refractivity contribution < 1.29 is 28.7 Å². The number of cyclic esters (lactones) is 4. The molecule has 6 heteroatoms. The second kappa shape index (κ2) is 14.4. The van der Waals surface area contributed by atoms with Gasteiger partial charge in [-0.1, -0.05) is 51.4 Å². The quantitative estimate of drug-likeness (QED) is 0.466. The van der Waals surface area contributed by atoms with E-state index >= 15 is 0 Å². The normalized spacial score (nSPS) is 21.8. The summed E-state index contributed by atoms with van der Waals surface area (Å²) in [6.07, 6.45) is 11.4. The molecule has 0 aromatic rings. The topological polar surface area (TPSA) is 86.7 Å². The minimum absolute atomic E-state index is 0.278. The molecule has 0 atom stereocenters. The SMILES string of the molecule is O=C1CCCCCCCCC(=O)OC(=O)CCCCCCCCC(=O)O1. The molecule has 1 aliphatic heterocycles. The second-order valence-corrected chi connectivity index (χ2v) is 6.93. The van der Waals surface area contributed by atoms with Crippen LogP contribution in [0.5, 0.6) is 0 Å². The van der Waals surface area contributed by atoms with E-state index in [1.165, 1.54) is 0 Å². The van der Waals surface area contributed by atoms with E-state index in [-0.39, 0.29) is 25.7 Å². The number of hydrogen-bond donors (Lipinski definition) is 0. The van der Waals surface area contributed by atoms with Crippen LogP contribution >= 0.6 is 0 Å². The number of carbonyl (C=O) groups is 4. The predicted octanol–water partition coefficient (Wildman–Crippen LogP) is 4.38. The van der Waals surface area contributed by atoms with Crippen LogP contribution in [0.2, 0.25) is 0 Å². The van der Waals surface area contributed by atoms with Gasteiger partial charge < -0.3 is 9.47 Å². The Kier molecular flexibility index (Phi) is 12.4. The van der Waals surface area contributed by atoms with E-state index in [1.807, 2.05) is 0 Å². The van der Waals surface area contributed by atoms with Crippen molar-refractivity contribution in [2.45, 2.75) is 103 Å². The first-order valence-electron chi connectivity index (χ1n) is 10.0. The van der Waals surface area contributed by atoms with Gasteiger partial charge in [-0.05, 0) is 25.7 Å². The van der Waals surface area contributed by atoms with Crippen molar-refractivity contribution in [1.29, 1.82) is 0 Å². The lowest BCUT2D eigenvalue weighted by atomic mass is 10.1. The summed E-state index contributed by atoms with van der Waals surface area (Å²) in [5.74, 6) is -1.71. The molecule has 0 N–H and O–H groups in total. The summed E-state index contributed by atoms with van der Waals surface area (Å²) in [6, 6.07) is 0. The van der Waals surface area contributed by atoms with E-state index in [0.29, 0.717) is 25.7 Å². The average Bonchev–Trinajstić information content (AvgIpc) is 2.58. The van der Waals surface area contributed by atoms with Crippen LogP contribution in [0.1, 0.15) is 103 Å². The summed E-state index contributed by atoms with van der Waals surface area (Å²) >= 11 is 0. The minimum atomic E-state index is -0.426. The molecule has 0 spiro atoms. The van der Waals surface area contributed by atoms with Gasteiger partial charge in [-0.3, -0.25) is 19.2 Å². The molecule has 26 heavy (non-hydrogen) atoms. The van der Waals surface area contributed by atoms with Gasteiger partial charge in [0.25, 0.3) is 0 Å². The summed E-state index contributed by atoms with van der Waals surface area (Å²) in [5.41, 5.74) is 0. The lowest BCUT2D eigenvalue weighted by Crippen LogP contribution is -2.12. The van der Waals surface area contributed by atoms with Gasteiger partial charge in [0.05, 0.1) is 0 Å². The first-order valence-corrected chi connectivity index (χ1v) is 10.0. The van der Waals surface area contributed by atoms with Crippen molar-refractivity contribution in [1.82, 2.24) is 0 Å². The average molecular weight is 368 g/mol. The maximum Gasteiger partial charge on any atom is 0.313 e. The highest BCUT2D eigenvalue weighted by Gasteiger charge is 2.11. The molecule has 1 fully saturated rings. The van der Waals surface area contributed by atoms with E-state index < -0.39 is 23.9 Å². The van der Waals surface area contributed by atoms with Crippen LogP contribution in [0.4, 0.5) is 0 Å². The van der Waals surface area contributed by atoms with Gasteiger partial charge in [-0.25, -0.2) is 0 Å². The summed E-state index contributed by atoms with van der Waals surface area (Å²) < 4.78 is 9.64. The highest BCUT2D eigenvalue weighted by atomic mass is 16.6. The molecule has 6 nitrogen and oxygen atoms in total. The molecule has 1 aliphatic rings. The Morgan fingerprint density at radius 2 is 0.538 bits per heavy atom. The molecular formula is C20H32O6. The maximum absolute atomic E-state index is 11.6. The zero-order valence-electron chi connectivity index (χ0n) is 15.8. The smallest absolute Gasteiger partial charge is 0.313 e. The molecule has 0 bridgehead atoms. The molecular weight excluding hydrogens is 336 g/mol. The third kappa shape index (κ3) is 12.6. The van der Waals surface area contributed by atoms with Crippen molar-refractivity contribution in [3.05, 3.63) is 0 Å². The van der Waals surface area contributed by atoms with E-state index in [4.69, 9.17) is 9.47 Å². The second-order valence-electron chi connectivity index (χ2n) is 6.93. The van der Waals surface area contributed by atoms with E-state index in [2.05, 4.69) is 0 Å². The van der Waals surface area contributed by atoms with Crippen LogP contribution in [0.25, 0.3) is 0 Å². The molecule has 0 unspecified atom stereocenters. The Morgan fingerprint density at radius 1 is 0.346 bits per heavy atom. The first kappa shape index (κ1) is 22.3. The molecule has 148 valence electrons. The van der Waals surface area contributed by atoms with Crippen LogP contribution < -0.4 is 0 Å². The Bertz CT molecular complexity index is 375. The number of rotatable bonds is 0. The van der Waals surface area contributed by atoms with Crippen LogP contribution in [-0.4, -0.2) is 23.9 Å². The zero-order chi connectivity index (χ0) is 19.0. The molecule has 0 amide bonds. The predicted molar refractivity (Wildman–Crippen MR) is 96.1 cm³/mol. The van der Waals surface area contributed by atoms with Gasteiger partial charge in [0.15, 0.2) is 0 Å². The largest absolute Gasteiger partial charge is 0.393 e. The monoisotopic (exact) mass is 368 g/mol. The van der Waals surface area contributed by atoms with Crippen LogP contribution in [0.15, 0.2) is 0 Å². The number of hydrogen-bond acceptors (Lipinski definition) is 6. The van der Waals surface area contributed by atoms with Crippen LogP contribution in [-0.2, 0) is 28.7 Å². The fourth-order valence-corrected chi connectivity index (χ4v) is 2.95. The van der Waals surface area contributed by atoms with Crippen molar-refractivity contribution in [3.63, 3.8) is 0 Å². The van der Waals surface area contributed by atoms with Crippen molar-refractivity contribution >= 4 is 23.9 Å². The zero-order valence-corrected chi connectivity index (χ0v) is 15.8. The molecule has 1 rings (SSSR count). The van der Waals surface area contributed by atoms with Gasteiger partial charge in [0, 0.05) is 25.7 Å². The number of ether oxygens (including phenoxy) is 2. The van der Waals surface area contributed by atoms with Crippen molar-refractivity contribution in [2.75, 3.05) is 0 Å². The lowest BCUT2D eigenvalue weighted by Gasteiger charge is -2.06. The summed E-state index contributed by atoms with van der Waals surface area (Å²) in [6.45, 7) is 0. The first-order chi connectivity index (χ1) is 12.6. The Balaban J connectivity index is 2.32. The molecule has 1 heterocycles.